The molecule has 1 aliphatic rings. The molecule has 0 radical (unpaired) electrons. The lowest BCUT2D eigenvalue weighted by Gasteiger charge is -2.32. The van der Waals surface area contributed by atoms with Crippen molar-refractivity contribution in [2.24, 2.45) is 0 Å². The van der Waals surface area contributed by atoms with E-state index >= 15 is 0 Å². The highest BCUT2D eigenvalue weighted by Gasteiger charge is 2.28. The van der Waals surface area contributed by atoms with Gasteiger partial charge in [-0.3, -0.25) is 19.1 Å². The molecule has 1 atom stereocenters. The molecule has 0 fully saturated rings. The number of nitrogens with one attached hydrogen (secondary N) is 1. The van der Waals surface area contributed by atoms with Gasteiger partial charge in [-0.25, -0.2) is 0 Å². The van der Waals surface area contributed by atoms with Gasteiger partial charge in [0.25, 0.3) is 0 Å². The number of aromatic nitrogens is 2. The highest BCUT2D eigenvalue weighted by molar-refractivity contribution is 5.91. The first-order valence-corrected chi connectivity index (χ1v) is 8.05. The summed E-state index contributed by atoms with van der Waals surface area (Å²) in [4.78, 5) is 36.6. The Labute approximate surface area is 149 Å². The zero-order valence-corrected chi connectivity index (χ0v) is 14.1. The smallest absolute Gasteiger partial charge is 0.325 e. The van der Waals surface area contributed by atoms with Crippen LogP contribution < -0.4 is 5.32 Å². The molecule has 2 aromatic rings. The largest absolute Gasteiger partial charge is 0.480 e. The topological polar surface area (TPSA) is 105 Å². The summed E-state index contributed by atoms with van der Waals surface area (Å²) in [6.07, 6.45) is 5.07. The van der Waals surface area contributed by atoms with Crippen molar-refractivity contribution in [1.82, 2.24) is 14.7 Å². The summed E-state index contributed by atoms with van der Waals surface area (Å²) in [6, 6.07) is 8.72. The lowest BCUT2D eigenvalue weighted by atomic mass is 9.93. The minimum Gasteiger partial charge on any atom is -0.480 e. The van der Waals surface area contributed by atoms with Crippen molar-refractivity contribution in [3.05, 3.63) is 53.9 Å². The maximum Gasteiger partial charge on any atom is 0.325 e. The summed E-state index contributed by atoms with van der Waals surface area (Å²) < 4.78 is 1.22. The fourth-order valence-electron chi connectivity index (χ4n) is 2.94. The van der Waals surface area contributed by atoms with Gasteiger partial charge in [-0.2, -0.15) is 5.10 Å². The van der Waals surface area contributed by atoms with Crippen molar-refractivity contribution in [1.29, 1.82) is 0 Å². The van der Waals surface area contributed by atoms with Gasteiger partial charge in [0.2, 0.25) is 11.8 Å². The number of rotatable bonds is 5. The molecule has 1 unspecified atom stereocenters. The molecule has 26 heavy (non-hydrogen) atoms. The predicted octanol–water partition coefficient (Wildman–Crippen LogP) is 1.87. The van der Waals surface area contributed by atoms with Crippen LogP contribution in [0, 0.1) is 0 Å². The van der Waals surface area contributed by atoms with Crippen LogP contribution in [-0.2, 0) is 20.9 Å². The fourth-order valence-corrected chi connectivity index (χ4v) is 2.94. The van der Waals surface area contributed by atoms with Crippen molar-refractivity contribution in [3.63, 3.8) is 0 Å². The number of carboxylic acids is 1. The second-order valence-corrected chi connectivity index (χ2v) is 5.93. The van der Waals surface area contributed by atoms with Gasteiger partial charge >= 0.3 is 5.97 Å². The fraction of sp³-hybridized carbons (Fsp3) is 0.222. The van der Waals surface area contributed by atoms with Crippen molar-refractivity contribution < 1.29 is 19.5 Å². The summed E-state index contributed by atoms with van der Waals surface area (Å²) >= 11 is 0. The van der Waals surface area contributed by atoms with Gasteiger partial charge in [0.05, 0.1) is 12.5 Å². The Morgan fingerprint density at radius 2 is 2.00 bits per heavy atom. The molecular weight excluding hydrogens is 336 g/mol. The first kappa shape index (κ1) is 17.4. The summed E-state index contributed by atoms with van der Waals surface area (Å²) in [5.41, 5.74) is 1.87. The van der Waals surface area contributed by atoms with E-state index in [1.807, 2.05) is 30.3 Å². The molecule has 3 rings (SSSR count). The van der Waals surface area contributed by atoms with Gasteiger partial charge in [-0.15, -0.1) is 0 Å². The van der Waals surface area contributed by atoms with E-state index in [9.17, 15) is 14.4 Å². The summed E-state index contributed by atoms with van der Waals surface area (Å²) in [5, 5.41) is 15.4. The summed E-state index contributed by atoms with van der Waals surface area (Å²) in [6.45, 7) is 1.17. The number of carbonyl (C=O) groups is 3. The normalized spacial score (nSPS) is 15.4. The van der Waals surface area contributed by atoms with Gasteiger partial charge in [-0.1, -0.05) is 24.3 Å². The molecule has 0 saturated carbocycles. The van der Waals surface area contributed by atoms with Crippen LogP contribution in [0.2, 0.25) is 0 Å². The van der Waals surface area contributed by atoms with Gasteiger partial charge in [-0.05, 0) is 17.2 Å². The molecule has 0 spiro atoms. The van der Waals surface area contributed by atoms with E-state index in [1.54, 1.807) is 6.20 Å². The van der Waals surface area contributed by atoms with Crippen molar-refractivity contribution >= 4 is 29.7 Å². The Hall–Kier alpha value is -3.42. The van der Waals surface area contributed by atoms with Crippen LogP contribution >= 0.6 is 0 Å². The van der Waals surface area contributed by atoms with Crippen LogP contribution in [-0.4, -0.2) is 37.6 Å². The first-order valence-electron chi connectivity index (χ1n) is 8.05. The lowest BCUT2D eigenvalue weighted by molar-refractivity contribution is -0.138. The zero-order valence-electron chi connectivity index (χ0n) is 14.1. The predicted molar refractivity (Wildman–Crippen MR) is 93.8 cm³/mol. The third kappa shape index (κ3) is 3.80. The average Bonchev–Trinajstić information content (AvgIpc) is 3.00. The molecule has 1 aromatic heterocycles. The van der Waals surface area contributed by atoms with Gasteiger partial charge in [0.15, 0.2) is 5.82 Å². The second-order valence-electron chi connectivity index (χ2n) is 5.93. The summed E-state index contributed by atoms with van der Waals surface area (Å²) in [7, 11) is 0. The van der Waals surface area contributed by atoms with E-state index in [0.29, 0.717) is 0 Å². The van der Waals surface area contributed by atoms with E-state index in [1.165, 1.54) is 28.8 Å². The lowest BCUT2D eigenvalue weighted by Crippen LogP contribution is -2.33. The second kappa shape index (κ2) is 7.22. The Morgan fingerprint density at radius 1 is 1.23 bits per heavy atom. The highest BCUT2D eigenvalue weighted by Crippen LogP contribution is 2.32. The van der Waals surface area contributed by atoms with Crippen LogP contribution in [0.5, 0.6) is 0 Å². The van der Waals surface area contributed by atoms with Crippen molar-refractivity contribution in [3.8, 4) is 0 Å². The van der Waals surface area contributed by atoms with Crippen LogP contribution in [0.3, 0.4) is 0 Å². The highest BCUT2D eigenvalue weighted by atomic mass is 16.4. The number of fused-ring (bicyclic) bond motifs is 1. The van der Waals surface area contributed by atoms with E-state index in [-0.39, 0.29) is 30.6 Å². The molecule has 2 heterocycles. The molecule has 2 N–H and O–H groups in total. The standard InChI is InChI=1S/C18H18N4O4/c1-12(23)22-9-6-13-4-2-3-5-14(13)15(22)10-17(24)19-16-7-8-21(20-16)11-18(25)26/h2-9,15H,10-11H2,1H3,(H,25,26)(H,19,20,24). The number of carbonyl (C=O) groups excluding carboxylic acids is 2. The molecule has 1 aromatic carbocycles. The Morgan fingerprint density at radius 3 is 2.73 bits per heavy atom. The Bertz CT molecular complexity index is 887. The van der Waals surface area contributed by atoms with Crippen molar-refractivity contribution in [2.75, 3.05) is 5.32 Å². The molecule has 2 amide bonds. The SMILES string of the molecule is CC(=O)N1C=Cc2ccccc2C1CC(=O)Nc1ccn(CC(=O)O)n1. The van der Waals surface area contributed by atoms with Gasteiger partial charge in [0.1, 0.15) is 6.54 Å². The van der Waals surface area contributed by atoms with Crippen LogP contribution in [0.4, 0.5) is 5.82 Å². The number of hydrogen-bond acceptors (Lipinski definition) is 4. The number of amides is 2. The van der Waals surface area contributed by atoms with Crippen molar-refractivity contribution in [2.45, 2.75) is 25.9 Å². The van der Waals surface area contributed by atoms with E-state index < -0.39 is 12.0 Å². The Kier molecular flexibility index (Phi) is 4.83. The molecule has 0 aliphatic carbocycles. The van der Waals surface area contributed by atoms with Crippen LogP contribution in [0.1, 0.15) is 30.5 Å². The van der Waals surface area contributed by atoms with Crippen LogP contribution in [0.25, 0.3) is 6.08 Å². The first-order chi connectivity index (χ1) is 12.4. The minimum absolute atomic E-state index is 0.0622. The third-order valence-corrected chi connectivity index (χ3v) is 4.05. The number of anilines is 1. The molecule has 1 aliphatic heterocycles. The number of nitrogens with zero attached hydrogens (tertiary/aromatic N) is 3. The number of benzene rings is 1. The van der Waals surface area contributed by atoms with Crippen LogP contribution in [0.15, 0.2) is 42.7 Å². The number of hydrogen-bond donors (Lipinski definition) is 2. The monoisotopic (exact) mass is 354 g/mol. The zero-order chi connectivity index (χ0) is 18.7. The van der Waals surface area contributed by atoms with Gasteiger partial charge < -0.3 is 15.3 Å². The summed E-state index contributed by atoms with van der Waals surface area (Å²) in [5.74, 6) is -1.22. The third-order valence-electron chi connectivity index (χ3n) is 4.05. The number of carboxylic acid groups (broad SMARTS) is 1. The molecule has 8 nitrogen and oxygen atoms in total. The quantitative estimate of drug-likeness (QED) is 0.853. The molecule has 134 valence electrons. The van der Waals surface area contributed by atoms with E-state index in [4.69, 9.17) is 5.11 Å². The molecule has 0 bridgehead atoms. The maximum atomic E-state index is 12.5. The molecular formula is C18H18N4O4. The van der Waals surface area contributed by atoms with E-state index in [2.05, 4.69) is 10.4 Å². The minimum atomic E-state index is -1.02. The molecule has 8 heteroatoms. The number of aliphatic carboxylic acids is 1. The molecule has 0 saturated heterocycles. The van der Waals surface area contributed by atoms with Gasteiger partial charge in [0, 0.05) is 25.4 Å². The Balaban J connectivity index is 1.74. The van der Waals surface area contributed by atoms with E-state index in [0.717, 1.165) is 11.1 Å². The maximum absolute atomic E-state index is 12.5. The average molecular weight is 354 g/mol.